The summed E-state index contributed by atoms with van der Waals surface area (Å²) in [6.07, 6.45) is 1.53. The number of rotatable bonds is 1. The van der Waals surface area contributed by atoms with Crippen molar-refractivity contribution in [1.82, 2.24) is 10.1 Å². The maximum atomic E-state index is 12.0. The molecule has 2 aliphatic rings. The average molecular weight is 213 g/mol. The van der Waals surface area contributed by atoms with Crippen molar-refractivity contribution in [2.75, 3.05) is 6.54 Å². The van der Waals surface area contributed by atoms with Gasteiger partial charge in [-0.15, -0.1) is 0 Å². The average Bonchev–Trinajstić information content (AvgIpc) is 2.60. The van der Waals surface area contributed by atoms with Gasteiger partial charge in [-0.05, 0) is 18.3 Å². The molecule has 3 N–H and O–H groups in total. The lowest BCUT2D eigenvalue weighted by Crippen LogP contribution is -2.76. The van der Waals surface area contributed by atoms with Crippen molar-refractivity contribution < 1.29 is 14.8 Å². The summed E-state index contributed by atoms with van der Waals surface area (Å²) in [6.45, 7) is 1.85. The Morgan fingerprint density at radius 2 is 2.20 bits per heavy atom. The summed E-state index contributed by atoms with van der Waals surface area (Å²) >= 11 is 0. The summed E-state index contributed by atoms with van der Waals surface area (Å²) in [5.41, 5.74) is 0. The van der Waals surface area contributed by atoms with Gasteiger partial charge in [0.1, 0.15) is 0 Å². The molecule has 2 aliphatic heterocycles. The highest BCUT2D eigenvalue weighted by Crippen LogP contribution is 2.28. The van der Waals surface area contributed by atoms with Crippen LogP contribution in [0.15, 0.2) is 0 Å². The van der Waals surface area contributed by atoms with Gasteiger partial charge in [0.15, 0.2) is 0 Å². The minimum atomic E-state index is -2.61. The van der Waals surface area contributed by atoms with Crippen LogP contribution in [0.3, 0.4) is 0 Å². The minimum absolute atomic E-state index is 0.00750. The fourth-order valence-electron chi connectivity index (χ4n) is 2.65. The van der Waals surface area contributed by atoms with Crippen LogP contribution in [0.5, 0.6) is 0 Å². The topological polar surface area (TPSA) is 72.8 Å². The molecule has 2 atom stereocenters. The molecule has 0 unspecified atom stereocenters. The van der Waals surface area contributed by atoms with Gasteiger partial charge in [-0.3, -0.25) is 4.79 Å². The highest BCUT2D eigenvalue weighted by Gasteiger charge is 2.48. The molecule has 0 bridgehead atoms. The molecule has 0 spiro atoms. The normalized spacial score (nSPS) is 34.7. The fraction of sp³-hybridized carbons (Fsp3) is 0.889. The first kappa shape index (κ1) is 10.9. The molecular formula is C9H18BN2O3-. The molecule has 2 fully saturated rings. The van der Waals surface area contributed by atoms with Crippen LogP contribution < -0.4 is 5.23 Å². The molecule has 1 amide bonds. The van der Waals surface area contributed by atoms with E-state index in [0.29, 0.717) is 13.0 Å². The lowest BCUT2D eigenvalue weighted by molar-refractivity contribution is -0.136. The summed E-state index contributed by atoms with van der Waals surface area (Å²) in [7, 11) is 0. The number of nitrogens with zero attached hydrogens (tertiary/aromatic N) is 1. The van der Waals surface area contributed by atoms with Gasteiger partial charge in [0, 0.05) is 6.54 Å². The van der Waals surface area contributed by atoms with Gasteiger partial charge in [0.2, 0.25) is 5.91 Å². The zero-order valence-electron chi connectivity index (χ0n) is 9.18. The highest BCUT2D eigenvalue weighted by atomic mass is 16.4. The molecule has 0 radical (unpaired) electrons. The molecule has 5 nitrogen and oxygen atoms in total. The first-order chi connectivity index (χ1) is 6.93. The molecular weight excluding hydrogens is 195 g/mol. The van der Waals surface area contributed by atoms with Crippen LogP contribution in [0, 0.1) is 5.92 Å². The van der Waals surface area contributed by atoms with E-state index in [1.54, 1.807) is 4.90 Å². The molecule has 0 aromatic rings. The summed E-state index contributed by atoms with van der Waals surface area (Å²) < 4.78 is 0. The molecule has 2 rings (SSSR count). The van der Waals surface area contributed by atoms with E-state index in [1.165, 1.54) is 0 Å². The van der Waals surface area contributed by atoms with Crippen molar-refractivity contribution in [2.24, 2.45) is 5.92 Å². The number of nitrogens with one attached hydrogen (secondary N) is 1. The molecule has 0 aromatic carbocycles. The van der Waals surface area contributed by atoms with Crippen molar-refractivity contribution >= 4 is 12.6 Å². The maximum Gasteiger partial charge on any atom is 0.332 e. The zero-order valence-corrected chi connectivity index (χ0v) is 9.18. The molecule has 0 saturated carbocycles. The Labute approximate surface area is 89.5 Å². The third kappa shape index (κ3) is 1.66. The molecule has 2 heterocycles. The van der Waals surface area contributed by atoms with Crippen molar-refractivity contribution in [3.05, 3.63) is 0 Å². The standard InChI is InChI=1S/C9H18BN2O3/c1-6(2)8-9(13)12-5-3-4-7(12)10(14,15)11-8/h6-8,11,14-15H,3-5H2,1-2H3/q-1/t7-,8-/m0/s1. The van der Waals surface area contributed by atoms with Crippen LogP contribution in [0.1, 0.15) is 26.7 Å². The van der Waals surface area contributed by atoms with Gasteiger partial charge in [0.25, 0.3) is 0 Å². The number of hydrogen-bond acceptors (Lipinski definition) is 4. The number of amides is 1. The SMILES string of the molecule is CC(C)[C@@H]1N[B-](O)(O)[C@@H]2CCCN2C1=O. The predicted octanol–water partition coefficient (Wildman–Crippen LogP) is -0.932. The van der Waals surface area contributed by atoms with E-state index in [-0.39, 0.29) is 11.8 Å². The Hall–Kier alpha value is -0.585. The second-order valence-corrected chi connectivity index (χ2v) is 4.97. The fourth-order valence-corrected chi connectivity index (χ4v) is 2.65. The van der Waals surface area contributed by atoms with Gasteiger partial charge >= 0.3 is 6.69 Å². The van der Waals surface area contributed by atoms with E-state index in [2.05, 4.69) is 5.23 Å². The first-order valence-corrected chi connectivity index (χ1v) is 5.61. The molecule has 0 aliphatic carbocycles. The molecule has 6 heteroatoms. The van der Waals surface area contributed by atoms with Crippen molar-refractivity contribution in [3.8, 4) is 0 Å². The minimum Gasteiger partial charge on any atom is -0.569 e. The van der Waals surface area contributed by atoms with Crippen LogP contribution in [0.25, 0.3) is 0 Å². The Morgan fingerprint density at radius 3 is 2.80 bits per heavy atom. The van der Waals surface area contributed by atoms with Gasteiger partial charge in [0.05, 0.1) is 6.04 Å². The van der Waals surface area contributed by atoms with E-state index < -0.39 is 18.7 Å². The highest BCUT2D eigenvalue weighted by molar-refractivity contribution is 6.65. The second-order valence-electron chi connectivity index (χ2n) is 4.97. The molecule has 2 saturated heterocycles. The zero-order chi connectivity index (χ0) is 11.2. The summed E-state index contributed by atoms with van der Waals surface area (Å²) in [5, 5.41) is 22.5. The number of carbonyl (C=O) groups excluding carboxylic acids is 1. The lowest BCUT2D eigenvalue weighted by atomic mass is 9.59. The van der Waals surface area contributed by atoms with Crippen molar-refractivity contribution in [1.29, 1.82) is 0 Å². The summed E-state index contributed by atoms with van der Waals surface area (Å²) in [5.74, 6) is -0.347. The van der Waals surface area contributed by atoms with E-state index in [9.17, 15) is 14.8 Å². The van der Waals surface area contributed by atoms with Gasteiger partial charge in [-0.25, -0.2) is 0 Å². The second kappa shape index (κ2) is 3.47. The Kier molecular flexibility index (Phi) is 2.52. The Bertz CT molecular complexity index is 279. The van der Waals surface area contributed by atoms with E-state index in [1.807, 2.05) is 13.8 Å². The quantitative estimate of drug-likeness (QED) is 0.492. The van der Waals surface area contributed by atoms with Gasteiger partial charge < -0.3 is 20.2 Å². The smallest absolute Gasteiger partial charge is 0.332 e. The van der Waals surface area contributed by atoms with Crippen LogP contribution in [-0.4, -0.2) is 46.1 Å². The predicted molar refractivity (Wildman–Crippen MR) is 56.7 cm³/mol. The maximum absolute atomic E-state index is 12.0. The van der Waals surface area contributed by atoms with Crippen LogP contribution >= 0.6 is 0 Å². The van der Waals surface area contributed by atoms with Crippen LogP contribution in [0.4, 0.5) is 0 Å². The Morgan fingerprint density at radius 1 is 1.53 bits per heavy atom. The largest absolute Gasteiger partial charge is 0.569 e. The number of fused-ring (bicyclic) bond motifs is 1. The molecule has 15 heavy (non-hydrogen) atoms. The molecule has 0 aromatic heterocycles. The third-order valence-electron chi connectivity index (χ3n) is 3.48. The van der Waals surface area contributed by atoms with Crippen LogP contribution in [0.2, 0.25) is 0 Å². The van der Waals surface area contributed by atoms with Crippen molar-refractivity contribution in [3.63, 3.8) is 0 Å². The van der Waals surface area contributed by atoms with E-state index in [0.717, 1.165) is 6.42 Å². The summed E-state index contributed by atoms with van der Waals surface area (Å²) in [4.78, 5) is 13.6. The number of hydrogen-bond donors (Lipinski definition) is 3. The van der Waals surface area contributed by atoms with E-state index >= 15 is 0 Å². The Balaban J connectivity index is 2.25. The third-order valence-corrected chi connectivity index (χ3v) is 3.48. The lowest BCUT2D eigenvalue weighted by Gasteiger charge is -2.50. The monoisotopic (exact) mass is 213 g/mol. The van der Waals surface area contributed by atoms with Crippen LogP contribution in [-0.2, 0) is 4.79 Å². The molecule has 86 valence electrons. The first-order valence-electron chi connectivity index (χ1n) is 5.61. The summed E-state index contributed by atoms with van der Waals surface area (Å²) in [6, 6.07) is -0.464. The number of carbonyl (C=O) groups is 1. The van der Waals surface area contributed by atoms with E-state index in [4.69, 9.17) is 0 Å². The van der Waals surface area contributed by atoms with Gasteiger partial charge in [-0.1, -0.05) is 20.3 Å². The van der Waals surface area contributed by atoms with Crippen molar-refractivity contribution in [2.45, 2.75) is 38.7 Å². The van der Waals surface area contributed by atoms with Gasteiger partial charge in [-0.2, -0.15) is 0 Å².